The number of fused-ring (bicyclic) bond motifs is 1. The van der Waals surface area contributed by atoms with Crippen LogP contribution in [0.5, 0.6) is 11.5 Å². The molecule has 0 aliphatic carbocycles. The van der Waals surface area contributed by atoms with Gasteiger partial charge in [0, 0.05) is 23.9 Å². The Bertz CT molecular complexity index is 997. The number of rotatable bonds is 6. The van der Waals surface area contributed by atoms with Gasteiger partial charge in [-0.25, -0.2) is 5.43 Å². The summed E-state index contributed by atoms with van der Waals surface area (Å²) in [6.07, 6.45) is 3.77. The fourth-order valence-corrected chi connectivity index (χ4v) is 3.52. The molecule has 0 spiro atoms. The first-order valence-electron chi connectivity index (χ1n) is 9.57. The van der Waals surface area contributed by atoms with Crippen LogP contribution in [0, 0.1) is 0 Å². The largest absolute Gasteiger partial charge is 0.497 e. The number of hydrazone groups is 1. The quantitative estimate of drug-likeness (QED) is 0.544. The van der Waals surface area contributed by atoms with E-state index in [9.17, 15) is 4.79 Å². The normalized spacial score (nSPS) is 14.9. The number of carbonyl (C=O) groups excluding carboxylic acids is 1. The van der Waals surface area contributed by atoms with E-state index in [2.05, 4.69) is 49.3 Å². The number of benzene rings is 2. The Kier molecular flexibility index (Phi) is 6.37. The highest BCUT2D eigenvalue weighted by atomic mass is 35.5. The fourth-order valence-electron chi connectivity index (χ4n) is 3.31. The summed E-state index contributed by atoms with van der Waals surface area (Å²) in [5, 5.41) is 4.59. The van der Waals surface area contributed by atoms with E-state index in [4.69, 9.17) is 21.1 Å². The van der Waals surface area contributed by atoms with Crippen LogP contribution in [0.2, 0.25) is 5.02 Å². The SMILES string of the molecule is COc1ccc(OCC(=O)N/N=C\c2cc3c(cc2Cl)N(C)C(C)(C)C=C3C)cc1. The maximum atomic E-state index is 12.0. The van der Waals surface area contributed by atoms with Crippen molar-refractivity contribution in [3.8, 4) is 11.5 Å². The van der Waals surface area contributed by atoms with Gasteiger partial charge in [-0.2, -0.15) is 5.10 Å². The molecule has 1 aliphatic heterocycles. The van der Waals surface area contributed by atoms with E-state index in [1.165, 1.54) is 5.57 Å². The second kappa shape index (κ2) is 8.79. The minimum Gasteiger partial charge on any atom is -0.497 e. The second-order valence-corrected chi connectivity index (χ2v) is 8.10. The number of allylic oxidation sites excluding steroid dienone is 1. The number of anilines is 1. The number of nitrogens with zero attached hydrogens (tertiary/aromatic N) is 2. The molecule has 0 radical (unpaired) electrons. The van der Waals surface area contributed by atoms with Gasteiger partial charge in [0.1, 0.15) is 11.5 Å². The highest BCUT2D eigenvalue weighted by molar-refractivity contribution is 6.33. The van der Waals surface area contributed by atoms with Gasteiger partial charge >= 0.3 is 0 Å². The molecule has 1 aliphatic rings. The molecular weight excluding hydrogens is 402 g/mol. The van der Waals surface area contributed by atoms with Crippen molar-refractivity contribution in [2.45, 2.75) is 26.3 Å². The number of halogens is 1. The van der Waals surface area contributed by atoms with Crippen LogP contribution >= 0.6 is 11.6 Å². The molecule has 0 unspecified atom stereocenters. The molecule has 0 atom stereocenters. The third kappa shape index (κ3) is 4.76. The summed E-state index contributed by atoms with van der Waals surface area (Å²) in [4.78, 5) is 14.2. The molecular formula is C23H26ClN3O3. The predicted octanol–water partition coefficient (Wildman–Crippen LogP) is 4.51. The van der Waals surface area contributed by atoms with Crippen LogP contribution in [0.1, 0.15) is 31.9 Å². The third-order valence-corrected chi connectivity index (χ3v) is 5.48. The maximum absolute atomic E-state index is 12.0. The van der Waals surface area contributed by atoms with Gasteiger partial charge < -0.3 is 14.4 Å². The minimum absolute atomic E-state index is 0.0894. The van der Waals surface area contributed by atoms with Crippen molar-refractivity contribution >= 4 is 35.0 Å². The summed E-state index contributed by atoms with van der Waals surface area (Å²) < 4.78 is 10.5. The Morgan fingerprint density at radius 2 is 1.90 bits per heavy atom. The summed E-state index contributed by atoms with van der Waals surface area (Å²) in [5.41, 5.74) is 6.44. The van der Waals surface area contributed by atoms with Crippen LogP contribution in [0.15, 0.2) is 47.6 Å². The van der Waals surface area contributed by atoms with E-state index in [0.29, 0.717) is 10.8 Å². The van der Waals surface area contributed by atoms with Gasteiger partial charge in [0.15, 0.2) is 6.61 Å². The van der Waals surface area contributed by atoms with Crippen LogP contribution in [-0.4, -0.2) is 38.4 Å². The Morgan fingerprint density at radius 3 is 2.57 bits per heavy atom. The minimum atomic E-state index is -0.367. The van der Waals surface area contributed by atoms with Crippen molar-refractivity contribution in [3.63, 3.8) is 0 Å². The molecule has 1 N–H and O–H groups in total. The first-order valence-corrected chi connectivity index (χ1v) is 9.95. The highest BCUT2D eigenvalue weighted by Gasteiger charge is 2.29. The summed E-state index contributed by atoms with van der Waals surface area (Å²) in [6.45, 7) is 6.25. The third-order valence-electron chi connectivity index (χ3n) is 5.16. The van der Waals surface area contributed by atoms with Gasteiger partial charge in [0.25, 0.3) is 5.91 Å². The standard InChI is InChI=1S/C23H26ClN3O3/c1-15-12-23(2,3)27(4)21-11-20(24)16(10-19(15)21)13-25-26-22(28)14-30-18-8-6-17(29-5)7-9-18/h6-13H,14H2,1-5H3,(H,26,28)/b25-13-. The first-order chi connectivity index (χ1) is 14.2. The number of ether oxygens (including phenoxy) is 2. The Hall–Kier alpha value is -2.99. The van der Waals surface area contributed by atoms with Gasteiger partial charge in [-0.1, -0.05) is 17.7 Å². The van der Waals surface area contributed by atoms with Crippen molar-refractivity contribution in [2.24, 2.45) is 5.10 Å². The molecule has 0 fully saturated rings. The number of carbonyl (C=O) groups is 1. The van der Waals surface area contributed by atoms with Gasteiger partial charge in [-0.15, -0.1) is 0 Å². The number of methoxy groups -OCH3 is 1. The number of nitrogens with one attached hydrogen (secondary N) is 1. The summed E-state index contributed by atoms with van der Waals surface area (Å²) >= 11 is 6.46. The van der Waals surface area contributed by atoms with Crippen molar-refractivity contribution in [3.05, 3.63) is 58.6 Å². The number of hydrogen-bond acceptors (Lipinski definition) is 5. The van der Waals surface area contributed by atoms with Gasteiger partial charge in [0.05, 0.1) is 23.9 Å². The summed E-state index contributed by atoms with van der Waals surface area (Å²) in [5.74, 6) is 0.925. The molecule has 30 heavy (non-hydrogen) atoms. The number of amides is 1. The lowest BCUT2D eigenvalue weighted by Gasteiger charge is -2.40. The van der Waals surface area contributed by atoms with E-state index in [0.717, 1.165) is 22.6 Å². The molecule has 2 aromatic rings. The lowest BCUT2D eigenvalue weighted by atomic mass is 9.88. The number of hydrogen-bond donors (Lipinski definition) is 1. The average Bonchev–Trinajstić information content (AvgIpc) is 2.71. The zero-order valence-corrected chi connectivity index (χ0v) is 18.6. The highest BCUT2D eigenvalue weighted by Crippen LogP contribution is 2.40. The predicted molar refractivity (Wildman–Crippen MR) is 122 cm³/mol. The van der Waals surface area contributed by atoms with Crippen molar-refractivity contribution in [1.82, 2.24) is 5.43 Å². The molecule has 1 heterocycles. The second-order valence-electron chi connectivity index (χ2n) is 7.69. The van der Waals surface area contributed by atoms with E-state index < -0.39 is 0 Å². The molecule has 2 aromatic carbocycles. The monoisotopic (exact) mass is 427 g/mol. The lowest BCUT2D eigenvalue weighted by molar-refractivity contribution is -0.123. The molecule has 1 amide bonds. The molecule has 3 rings (SSSR count). The van der Waals surface area contributed by atoms with Crippen molar-refractivity contribution in [1.29, 1.82) is 0 Å². The van der Waals surface area contributed by atoms with Gasteiger partial charge in [0.2, 0.25) is 0 Å². The zero-order valence-electron chi connectivity index (χ0n) is 17.8. The first kappa shape index (κ1) is 21.7. The topological polar surface area (TPSA) is 63.2 Å². The van der Waals surface area contributed by atoms with Crippen LogP contribution in [0.25, 0.3) is 5.57 Å². The van der Waals surface area contributed by atoms with E-state index in [-0.39, 0.29) is 18.1 Å². The fraction of sp³-hybridized carbons (Fsp3) is 0.304. The molecule has 6 nitrogen and oxygen atoms in total. The molecule has 7 heteroatoms. The smallest absolute Gasteiger partial charge is 0.277 e. The van der Waals surface area contributed by atoms with Crippen LogP contribution in [0.4, 0.5) is 5.69 Å². The van der Waals surface area contributed by atoms with Gasteiger partial charge in [-0.05, 0) is 62.7 Å². The summed E-state index contributed by atoms with van der Waals surface area (Å²) in [6, 6.07) is 10.9. The Labute approximate surface area is 182 Å². The van der Waals surface area contributed by atoms with Crippen molar-refractivity contribution < 1.29 is 14.3 Å². The molecule has 0 aromatic heterocycles. The number of likely N-dealkylation sites (N-methyl/N-ethyl adjacent to an activating group) is 1. The van der Waals surface area contributed by atoms with E-state index in [1.54, 1.807) is 37.6 Å². The molecule has 158 valence electrons. The summed E-state index contributed by atoms with van der Waals surface area (Å²) in [7, 11) is 3.64. The van der Waals surface area contributed by atoms with Gasteiger partial charge in [-0.3, -0.25) is 4.79 Å². The van der Waals surface area contributed by atoms with Crippen LogP contribution in [0.3, 0.4) is 0 Å². The lowest BCUT2D eigenvalue weighted by Crippen LogP contribution is -2.42. The molecule has 0 bridgehead atoms. The van der Waals surface area contributed by atoms with Crippen LogP contribution in [-0.2, 0) is 4.79 Å². The average molecular weight is 428 g/mol. The molecule has 0 saturated heterocycles. The van der Waals surface area contributed by atoms with E-state index >= 15 is 0 Å². The van der Waals surface area contributed by atoms with Crippen molar-refractivity contribution in [2.75, 3.05) is 25.7 Å². The maximum Gasteiger partial charge on any atom is 0.277 e. The molecule has 0 saturated carbocycles. The van der Waals surface area contributed by atoms with Crippen LogP contribution < -0.4 is 19.8 Å². The Balaban J connectivity index is 1.63. The van der Waals surface area contributed by atoms with E-state index in [1.807, 2.05) is 12.1 Å². The zero-order chi connectivity index (χ0) is 21.9. The Morgan fingerprint density at radius 1 is 1.23 bits per heavy atom.